The standard InChI is InChI=1S/C24H31ClN4O3S.ClH/c1-17-16-22(18(2)15-21(17)25)33(31,32)29(4)14-13-28(3)23(30)10-7-19-5-8-20(9-6-19)24-26-11-12-27-24;/h5-6,8-9,15-16H,7,10-14H2,1-4H3,(H,26,27);1H. The van der Waals surface area contributed by atoms with E-state index < -0.39 is 10.0 Å². The summed E-state index contributed by atoms with van der Waals surface area (Å²) in [6, 6.07) is 11.3. The fourth-order valence-corrected chi connectivity index (χ4v) is 5.27. The van der Waals surface area contributed by atoms with E-state index in [4.69, 9.17) is 11.6 Å². The SMILES string of the molecule is Cc1cc(S(=O)(=O)N(C)CCN(C)C(=O)CCc2ccc(C3=NCCN3)cc2)c(C)cc1Cl.Cl. The molecule has 0 aromatic heterocycles. The molecule has 1 aliphatic heterocycles. The van der Waals surface area contributed by atoms with Gasteiger partial charge in [0.25, 0.3) is 0 Å². The minimum Gasteiger partial charge on any atom is -0.368 e. The largest absolute Gasteiger partial charge is 0.368 e. The number of benzene rings is 2. The predicted octanol–water partition coefficient (Wildman–Crippen LogP) is 3.44. The molecule has 0 radical (unpaired) electrons. The Balaban J connectivity index is 0.00000408. The molecule has 1 aliphatic rings. The summed E-state index contributed by atoms with van der Waals surface area (Å²) < 4.78 is 27.3. The van der Waals surface area contributed by atoms with Gasteiger partial charge in [0.1, 0.15) is 5.84 Å². The quantitative estimate of drug-likeness (QED) is 0.542. The lowest BCUT2D eigenvalue weighted by Crippen LogP contribution is -2.37. The molecule has 3 rings (SSSR count). The number of nitrogens with zero attached hydrogens (tertiary/aromatic N) is 3. The lowest BCUT2D eigenvalue weighted by atomic mass is 10.1. The number of rotatable bonds is 9. The maximum absolute atomic E-state index is 13.0. The third kappa shape index (κ3) is 6.72. The molecule has 1 heterocycles. The third-order valence-electron chi connectivity index (χ3n) is 5.85. The lowest BCUT2D eigenvalue weighted by Gasteiger charge is -2.23. The minimum absolute atomic E-state index is 0. The first-order chi connectivity index (χ1) is 15.6. The van der Waals surface area contributed by atoms with E-state index in [1.54, 1.807) is 37.9 Å². The van der Waals surface area contributed by atoms with Crippen LogP contribution in [0.15, 0.2) is 46.3 Å². The molecule has 1 N–H and O–H groups in total. The summed E-state index contributed by atoms with van der Waals surface area (Å²) in [5.74, 6) is 0.894. The average Bonchev–Trinajstić information content (AvgIpc) is 3.33. The Bertz CT molecular complexity index is 1150. The molecule has 186 valence electrons. The van der Waals surface area contributed by atoms with Crippen molar-refractivity contribution >= 4 is 45.8 Å². The highest BCUT2D eigenvalue weighted by Gasteiger charge is 2.24. The van der Waals surface area contributed by atoms with Gasteiger partial charge < -0.3 is 10.2 Å². The van der Waals surface area contributed by atoms with Gasteiger partial charge in [0.05, 0.1) is 11.4 Å². The van der Waals surface area contributed by atoms with Crippen LogP contribution >= 0.6 is 24.0 Å². The smallest absolute Gasteiger partial charge is 0.243 e. The van der Waals surface area contributed by atoms with E-state index in [1.807, 2.05) is 24.3 Å². The number of halogens is 2. The molecule has 0 spiro atoms. The van der Waals surface area contributed by atoms with Crippen molar-refractivity contribution < 1.29 is 13.2 Å². The second kappa shape index (κ2) is 12.0. The van der Waals surface area contributed by atoms with Crippen molar-refractivity contribution in [3.05, 3.63) is 63.7 Å². The van der Waals surface area contributed by atoms with Gasteiger partial charge in [-0.2, -0.15) is 4.31 Å². The summed E-state index contributed by atoms with van der Waals surface area (Å²) in [7, 11) is -0.443. The van der Waals surface area contributed by atoms with Gasteiger partial charge in [0, 0.05) is 50.7 Å². The molecule has 0 saturated heterocycles. The first-order valence-electron chi connectivity index (χ1n) is 10.9. The van der Waals surface area contributed by atoms with Crippen LogP contribution in [0.25, 0.3) is 0 Å². The summed E-state index contributed by atoms with van der Waals surface area (Å²) in [6.45, 7) is 5.69. The maximum Gasteiger partial charge on any atom is 0.243 e. The van der Waals surface area contributed by atoms with Crippen molar-refractivity contribution in [2.75, 3.05) is 40.3 Å². The highest BCUT2D eigenvalue weighted by atomic mass is 35.5. The molecule has 0 unspecified atom stereocenters. The molecule has 0 atom stereocenters. The van der Waals surface area contributed by atoms with Crippen LogP contribution in [-0.4, -0.2) is 69.6 Å². The van der Waals surface area contributed by atoms with Crippen LogP contribution in [0.2, 0.25) is 5.02 Å². The van der Waals surface area contributed by atoms with Crippen LogP contribution < -0.4 is 5.32 Å². The number of likely N-dealkylation sites (N-methyl/N-ethyl adjacent to an activating group) is 2. The Morgan fingerprint density at radius 3 is 2.38 bits per heavy atom. The number of carbonyl (C=O) groups excluding carboxylic acids is 1. The zero-order valence-electron chi connectivity index (χ0n) is 20.0. The fraction of sp³-hybridized carbons (Fsp3) is 0.417. The average molecular weight is 528 g/mol. The number of amides is 1. The van der Waals surface area contributed by atoms with Gasteiger partial charge in [-0.1, -0.05) is 35.9 Å². The van der Waals surface area contributed by atoms with E-state index in [0.29, 0.717) is 35.5 Å². The highest BCUT2D eigenvalue weighted by molar-refractivity contribution is 7.89. The minimum atomic E-state index is -3.67. The topological polar surface area (TPSA) is 82.1 Å². The van der Waals surface area contributed by atoms with Crippen molar-refractivity contribution in [3.63, 3.8) is 0 Å². The number of carbonyl (C=O) groups is 1. The highest BCUT2D eigenvalue weighted by Crippen LogP contribution is 2.25. The second-order valence-electron chi connectivity index (χ2n) is 8.36. The number of sulfonamides is 1. The zero-order chi connectivity index (χ0) is 24.2. The molecule has 2 aromatic carbocycles. The van der Waals surface area contributed by atoms with E-state index in [-0.39, 0.29) is 29.8 Å². The Hall–Kier alpha value is -2.13. The number of nitrogens with one attached hydrogen (secondary N) is 1. The van der Waals surface area contributed by atoms with Crippen LogP contribution in [0.5, 0.6) is 0 Å². The van der Waals surface area contributed by atoms with Crippen molar-refractivity contribution in [2.45, 2.75) is 31.6 Å². The van der Waals surface area contributed by atoms with E-state index in [0.717, 1.165) is 30.1 Å². The summed E-state index contributed by atoms with van der Waals surface area (Å²) in [5.41, 5.74) is 3.44. The first kappa shape index (κ1) is 28.1. The van der Waals surface area contributed by atoms with Crippen LogP contribution in [0.4, 0.5) is 0 Å². The van der Waals surface area contributed by atoms with Gasteiger partial charge in [-0.15, -0.1) is 12.4 Å². The van der Waals surface area contributed by atoms with Gasteiger partial charge in [-0.25, -0.2) is 8.42 Å². The molecular formula is C24H32Cl2N4O3S. The molecule has 0 aliphatic carbocycles. The Labute approximate surface area is 213 Å². The molecule has 7 nitrogen and oxygen atoms in total. The summed E-state index contributed by atoms with van der Waals surface area (Å²) >= 11 is 6.10. The van der Waals surface area contributed by atoms with E-state index in [2.05, 4.69) is 10.3 Å². The molecule has 0 fully saturated rings. The van der Waals surface area contributed by atoms with Crippen LogP contribution in [-0.2, 0) is 21.2 Å². The molecular weight excluding hydrogens is 495 g/mol. The van der Waals surface area contributed by atoms with Gasteiger partial charge in [-0.3, -0.25) is 9.79 Å². The Kier molecular flexibility index (Phi) is 9.94. The number of amidine groups is 1. The van der Waals surface area contributed by atoms with Gasteiger partial charge >= 0.3 is 0 Å². The van der Waals surface area contributed by atoms with E-state index >= 15 is 0 Å². The van der Waals surface area contributed by atoms with Crippen molar-refractivity contribution in [1.29, 1.82) is 0 Å². The molecule has 10 heteroatoms. The van der Waals surface area contributed by atoms with Gasteiger partial charge in [-0.05, 0) is 49.1 Å². The molecule has 34 heavy (non-hydrogen) atoms. The summed E-state index contributed by atoms with van der Waals surface area (Å²) in [6.07, 6.45) is 0.988. The van der Waals surface area contributed by atoms with Crippen molar-refractivity contribution in [3.8, 4) is 0 Å². The lowest BCUT2D eigenvalue weighted by molar-refractivity contribution is -0.129. The molecule has 2 aromatic rings. The Morgan fingerprint density at radius 2 is 1.76 bits per heavy atom. The van der Waals surface area contributed by atoms with Gasteiger partial charge in [0.2, 0.25) is 15.9 Å². The molecule has 0 bridgehead atoms. The number of aliphatic imine (C=N–C) groups is 1. The molecule has 1 amide bonds. The number of hydrogen-bond donors (Lipinski definition) is 1. The van der Waals surface area contributed by atoms with Crippen molar-refractivity contribution in [2.24, 2.45) is 4.99 Å². The zero-order valence-corrected chi connectivity index (χ0v) is 22.4. The third-order valence-corrected chi connectivity index (χ3v) is 8.26. The number of hydrogen-bond acceptors (Lipinski definition) is 5. The van der Waals surface area contributed by atoms with E-state index in [9.17, 15) is 13.2 Å². The number of aryl methyl sites for hydroxylation is 3. The fourth-order valence-electron chi connectivity index (χ4n) is 3.60. The van der Waals surface area contributed by atoms with E-state index in [1.165, 1.54) is 11.4 Å². The molecule has 0 saturated carbocycles. The summed E-state index contributed by atoms with van der Waals surface area (Å²) in [4.78, 5) is 18.8. The second-order valence-corrected chi connectivity index (χ2v) is 10.8. The predicted molar refractivity (Wildman–Crippen MR) is 140 cm³/mol. The first-order valence-corrected chi connectivity index (χ1v) is 12.8. The maximum atomic E-state index is 13.0. The van der Waals surface area contributed by atoms with Crippen LogP contribution in [0.3, 0.4) is 0 Å². The van der Waals surface area contributed by atoms with Gasteiger partial charge in [0.15, 0.2) is 0 Å². The normalized spacial score (nSPS) is 13.3. The Morgan fingerprint density at radius 1 is 1.09 bits per heavy atom. The monoisotopic (exact) mass is 526 g/mol. The van der Waals surface area contributed by atoms with Crippen LogP contribution in [0.1, 0.15) is 28.7 Å². The van der Waals surface area contributed by atoms with Crippen LogP contribution in [0, 0.1) is 13.8 Å². The van der Waals surface area contributed by atoms with Crippen molar-refractivity contribution in [1.82, 2.24) is 14.5 Å². The summed E-state index contributed by atoms with van der Waals surface area (Å²) in [5, 5.41) is 3.79.